The van der Waals surface area contributed by atoms with Gasteiger partial charge in [-0.1, -0.05) is 26.7 Å². The molecule has 4 nitrogen and oxygen atoms in total. The number of nitrogens with one attached hydrogen (secondary N) is 1. The third-order valence-corrected chi connectivity index (χ3v) is 2.89. The standard InChI is InChI=1S/C15H33N3O/c1-5-8-12-18(4)15(16-7-3)17-11-10-14-19-13-9-6-2/h5-14H2,1-4H3,(H,16,17). The highest BCUT2D eigenvalue weighted by atomic mass is 16.5. The summed E-state index contributed by atoms with van der Waals surface area (Å²) < 4.78 is 5.54. The Morgan fingerprint density at radius 2 is 1.74 bits per heavy atom. The Morgan fingerprint density at radius 3 is 2.37 bits per heavy atom. The number of unbranched alkanes of at least 4 members (excludes halogenated alkanes) is 2. The Labute approximate surface area is 119 Å². The van der Waals surface area contributed by atoms with Gasteiger partial charge in [0.25, 0.3) is 0 Å². The van der Waals surface area contributed by atoms with Crippen LogP contribution in [0.25, 0.3) is 0 Å². The molecule has 0 fully saturated rings. The van der Waals surface area contributed by atoms with Crippen LogP contribution in [0.4, 0.5) is 0 Å². The van der Waals surface area contributed by atoms with E-state index in [1.807, 2.05) is 0 Å². The molecule has 0 saturated carbocycles. The molecule has 0 aliphatic rings. The van der Waals surface area contributed by atoms with E-state index in [1.54, 1.807) is 0 Å². The van der Waals surface area contributed by atoms with Crippen LogP contribution in [-0.2, 0) is 4.74 Å². The Hall–Kier alpha value is -0.770. The Morgan fingerprint density at radius 1 is 1.05 bits per heavy atom. The summed E-state index contributed by atoms with van der Waals surface area (Å²) >= 11 is 0. The van der Waals surface area contributed by atoms with Crippen LogP contribution in [0.5, 0.6) is 0 Å². The highest BCUT2D eigenvalue weighted by Crippen LogP contribution is 1.95. The molecule has 0 aliphatic carbocycles. The molecule has 0 spiro atoms. The topological polar surface area (TPSA) is 36.9 Å². The van der Waals surface area contributed by atoms with Crippen molar-refractivity contribution in [3.8, 4) is 0 Å². The molecule has 19 heavy (non-hydrogen) atoms. The fourth-order valence-corrected chi connectivity index (χ4v) is 1.67. The molecule has 0 unspecified atom stereocenters. The first-order valence-electron chi connectivity index (χ1n) is 7.83. The van der Waals surface area contributed by atoms with Crippen molar-refractivity contribution in [1.29, 1.82) is 0 Å². The predicted molar refractivity (Wildman–Crippen MR) is 83.9 cm³/mol. The molecular formula is C15H33N3O. The second kappa shape index (κ2) is 13.7. The van der Waals surface area contributed by atoms with Gasteiger partial charge in [-0.05, 0) is 26.2 Å². The largest absolute Gasteiger partial charge is 0.381 e. The summed E-state index contributed by atoms with van der Waals surface area (Å²) in [6.07, 6.45) is 5.78. The summed E-state index contributed by atoms with van der Waals surface area (Å²) in [5.74, 6) is 1.02. The quantitative estimate of drug-likeness (QED) is 0.357. The van der Waals surface area contributed by atoms with Gasteiger partial charge in [0.05, 0.1) is 0 Å². The number of nitrogens with zero attached hydrogens (tertiary/aromatic N) is 2. The molecule has 0 rings (SSSR count). The van der Waals surface area contributed by atoms with E-state index in [9.17, 15) is 0 Å². The molecule has 0 heterocycles. The van der Waals surface area contributed by atoms with Crippen LogP contribution in [0.15, 0.2) is 4.99 Å². The van der Waals surface area contributed by atoms with E-state index in [1.165, 1.54) is 19.3 Å². The summed E-state index contributed by atoms with van der Waals surface area (Å²) in [4.78, 5) is 6.85. The van der Waals surface area contributed by atoms with E-state index < -0.39 is 0 Å². The number of ether oxygens (including phenoxy) is 1. The van der Waals surface area contributed by atoms with Crippen LogP contribution in [0, 0.1) is 0 Å². The summed E-state index contributed by atoms with van der Waals surface area (Å²) in [5.41, 5.74) is 0. The summed E-state index contributed by atoms with van der Waals surface area (Å²) in [7, 11) is 2.11. The maximum absolute atomic E-state index is 5.54. The maximum atomic E-state index is 5.54. The van der Waals surface area contributed by atoms with Crippen molar-refractivity contribution in [2.45, 2.75) is 52.9 Å². The fourth-order valence-electron chi connectivity index (χ4n) is 1.67. The van der Waals surface area contributed by atoms with Gasteiger partial charge >= 0.3 is 0 Å². The SMILES string of the molecule is CCCCOCCCN=C(NCC)N(C)CCCC. The van der Waals surface area contributed by atoms with E-state index in [0.29, 0.717) is 0 Å². The molecule has 114 valence electrons. The van der Waals surface area contributed by atoms with E-state index in [4.69, 9.17) is 4.74 Å². The average Bonchev–Trinajstić information content (AvgIpc) is 2.42. The zero-order valence-corrected chi connectivity index (χ0v) is 13.4. The Kier molecular flexibility index (Phi) is 13.1. The normalized spacial score (nSPS) is 11.7. The first-order valence-corrected chi connectivity index (χ1v) is 7.83. The van der Waals surface area contributed by atoms with Crippen molar-refractivity contribution in [1.82, 2.24) is 10.2 Å². The first kappa shape index (κ1) is 18.2. The molecule has 0 aromatic rings. The predicted octanol–water partition coefficient (Wildman–Crippen LogP) is 2.89. The smallest absolute Gasteiger partial charge is 0.193 e. The molecular weight excluding hydrogens is 238 g/mol. The lowest BCUT2D eigenvalue weighted by Gasteiger charge is -2.21. The lowest BCUT2D eigenvalue weighted by Crippen LogP contribution is -2.39. The molecule has 0 aromatic carbocycles. The monoisotopic (exact) mass is 271 g/mol. The van der Waals surface area contributed by atoms with Crippen molar-refractivity contribution in [2.24, 2.45) is 4.99 Å². The van der Waals surface area contributed by atoms with Crippen molar-refractivity contribution < 1.29 is 4.74 Å². The molecule has 0 aliphatic heterocycles. The lowest BCUT2D eigenvalue weighted by atomic mass is 10.3. The van der Waals surface area contributed by atoms with E-state index in [0.717, 1.165) is 51.6 Å². The third kappa shape index (κ3) is 10.8. The fraction of sp³-hybridized carbons (Fsp3) is 0.933. The van der Waals surface area contributed by atoms with Crippen LogP contribution in [0.1, 0.15) is 52.9 Å². The van der Waals surface area contributed by atoms with Crippen LogP contribution in [0.2, 0.25) is 0 Å². The van der Waals surface area contributed by atoms with Crippen LogP contribution >= 0.6 is 0 Å². The van der Waals surface area contributed by atoms with Crippen LogP contribution in [-0.4, -0.2) is 50.8 Å². The molecule has 0 bridgehead atoms. The number of hydrogen-bond acceptors (Lipinski definition) is 2. The molecule has 0 amide bonds. The third-order valence-electron chi connectivity index (χ3n) is 2.89. The molecule has 0 radical (unpaired) electrons. The molecule has 1 N–H and O–H groups in total. The van der Waals surface area contributed by atoms with Crippen LogP contribution < -0.4 is 5.32 Å². The van der Waals surface area contributed by atoms with Gasteiger partial charge in [0, 0.05) is 39.9 Å². The van der Waals surface area contributed by atoms with E-state index in [2.05, 4.69) is 43.0 Å². The number of guanidine groups is 1. The van der Waals surface area contributed by atoms with Gasteiger partial charge in [-0.2, -0.15) is 0 Å². The van der Waals surface area contributed by atoms with Crippen molar-refractivity contribution in [3.05, 3.63) is 0 Å². The van der Waals surface area contributed by atoms with E-state index >= 15 is 0 Å². The van der Waals surface area contributed by atoms with Crippen LogP contribution in [0.3, 0.4) is 0 Å². The minimum Gasteiger partial charge on any atom is -0.381 e. The number of rotatable bonds is 11. The van der Waals surface area contributed by atoms with Gasteiger partial charge in [0.1, 0.15) is 0 Å². The molecule has 0 aromatic heterocycles. The van der Waals surface area contributed by atoms with Gasteiger partial charge in [-0.25, -0.2) is 0 Å². The van der Waals surface area contributed by atoms with E-state index in [-0.39, 0.29) is 0 Å². The highest BCUT2D eigenvalue weighted by Gasteiger charge is 2.03. The van der Waals surface area contributed by atoms with Gasteiger partial charge in [-0.15, -0.1) is 0 Å². The minimum absolute atomic E-state index is 0.821. The second-order valence-electron chi connectivity index (χ2n) is 4.83. The van der Waals surface area contributed by atoms with Gasteiger partial charge in [0.2, 0.25) is 0 Å². The zero-order valence-electron chi connectivity index (χ0n) is 13.4. The van der Waals surface area contributed by atoms with Crippen molar-refractivity contribution in [3.63, 3.8) is 0 Å². The molecule has 0 saturated heterocycles. The summed E-state index contributed by atoms with van der Waals surface area (Å²) in [5, 5.41) is 3.34. The first-order chi connectivity index (χ1) is 9.26. The zero-order chi connectivity index (χ0) is 14.3. The lowest BCUT2D eigenvalue weighted by molar-refractivity contribution is 0.130. The van der Waals surface area contributed by atoms with Gasteiger partial charge in [0.15, 0.2) is 5.96 Å². The van der Waals surface area contributed by atoms with Gasteiger partial charge < -0.3 is 15.0 Å². The highest BCUT2D eigenvalue weighted by molar-refractivity contribution is 5.79. The number of aliphatic imine (C=N–C) groups is 1. The summed E-state index contributed by atoms with van der Waals surface area (Å²) in [6, 6.07) is 0. The van der Waals surface area contributed by atoms with Crippen molar-refractivity contribution >= 4 is 5.96 Å². The van der Waals surface area contributed by atoms with Crippen molar-refractivity contribution in [2.75, 3.05) is 39.9 Å². The molecule has 4 heteroatoms. The Balaban J connectivity index is 3.84. The number of hydrogen-bond donors (Lipinski definition) is 1. The molecule has 0 atom stereocenters. The average molecular weight is 271 g/mol. The maximum Gasteiger partial charge on any atom is 0.193 e. The second-order valence-corrected chi connectivity index (χ2v) is 4.83. The Bertz CT molecular complexity index is 219. The van der Waals surface area contributed by atoms with Gasteiger partial charge in [-0.3, -0.25) is 4.99 Å². The minimum atomic E-state index is 0.821. The summed E-state index contributed by atoms with van der Waals surface area (Å²) in [6.45, 7) is 11.0.